The van der Waals surface area contributed by atoms with Crippen molar-refractivity contribution in [3.8, 4) is 0 Å². The topological polar surface area (TPSA) is 49.8 Å². The number of amides is 1. The summed E-state index contributed by atoms with van der Waals surface area (Å²) in [6.45, 7) is 8.79. The quantitative estimate of drug-likeness (QED) is 0.795. The van der Waals surface area contributed by atoms with Gasteiger partial charge in [0.2, 0.25) is 5.91 Å². The van der Waals surface area contributed by atoms with E-state index >= 15 is 0 Å². The number of carbonyl (C=O) groups excluding carboxylic acids is 1. The van der Waals surface area contributed by atoms with Crippen LogP contribution in [0.1, 0.15) is 51.8 Å². The molecule has 0 bridgehead atoms. The van der Waals surface area contributed by atoms with Crippen LogP contribution in [0.25, 0.3) is 0 Å². The first kappa shape index (κ1) is 14.0. The second kappa shape index (κ2) is 6.00. The lowest BCUT2D eigenvalue weighted by molar-refractivity contribution is -0.123. The van der Waals surface area contributed by atoms with Crippen molar-refractivity contribution in [1.82, 2.24) is 14.9 Å². The van der Waals surface area contributed by atoms with E-state index in [9.17, 15) is 4.79 Å². The summed E-state index contributed by atoms with van der Waals surface area (Å²) in [5.74, 6) is 0.355. The Hall–Kier alpha value is -1.10. The zero-order valence-corrected chi connectivity index (χ0v) is 11.7. The van der Waals surface area contributed by atoms with E-state index in [-0.39, 0.29) is 11.9 Å². The summed E-state index contributed by atoms with van der Waals surface area (Å²) in [5, 5.41) is 2.89. The first-order valence-electron chi connectivity index (χ1n) is 6.06. The van der Waals surface area contributed by atoms with Crippen LogP contribution in [0.2, 0.25) is 0 Å². The van der Waals surface area contributed by atoms with Crippen molar-refractivity contribution < 1.29 is 4.79 Å². The third-order valence-electron chi connectivity index (χ3n) is 2.75. The Morgan fingerprint density at radius 1 is 1.53 bits per heavy atom. The molecule has 0 saturated heterocycles. The van der Waals surface area contributed by atoms with Gasteiger partial charge in [-0.15, -0.1) is 0 Å². The van der Waals surface area contributed by atoms with E-state index in [1.807, 2.05) is 24.6 Å². The van der Waals surface area contributed by atoms with E-state index in [2.05, 4.69) is 24.1 Å². The molecular weight excluding hydrogens is 234 g/mol. The minimum absolute atomic E-state index is 0.0180. The molecule has 0 radical (unpaired) electrons. The van der Waals surface area contributed by atoms with Crippen molar-refractivity contribution in [2.75, 3.05) is 6.54 Å². The van der Waals surface area contributed by atoms with Gasteiger partial charge in [0.25, 0.3) is 0 Å². The zero-order chi connectivity index (χ0) is 13.0. The maximum Gasteiger partial charge on any atom is 0.242 e. The molecule has 0 spiro atoms. The highest BCUT2D eigenvalue weighted by molar-refractivity contribution is 7.71. The van der Waals surface area contributed by atoms with Crippen LogP contribution in [0.3, 0.4) is 0 Å². The molecule has 1 heterocycles. The van der Waals surface area contributed by atoms with E-state index in [1.54, 1.807) is 0 Å². The molecule has 0 aliphatic carbocycles. The van der Waals surface area contributed by atoms with Crippen molar-refractivity contribution >= 4 is 18.1 Å². The fraction of sp³-hybridized carbons (Fsp3) is 0.667. The largest absolute Gasteiger partial charge is 0.354 e. The Morgan fingerprint density at radius 2 is 2.18 bits per heavy atom. The van der Waals surface area contributed by atoms with Gasteiger partial charge in [0, 0.05) is 18.4 Å². The molecule has 0 aliphatic heterocycles. The predicted molar refractivity (Wildman–Crippen MR) is 71.7 cm³/mol. The highest BCUT2D eigenvalue weighted by Crippen LogP contribution is 2.19. The van der Waals surface area contributed by atoms with Crippen LogP contribution in [-0.2, 0) is 4.79 Å². The highest BCUT2D eigenvalue weighted by atomic mass is 32.1. The van der Waals surface area contributed by atoms with Crippen molar-refractivity contribution in [3.05, 3.63) is 16.7 Å². The van der Waals surface area contributed by atoms with E-state index in [1.165, 1.54) is 0 Å². The van der Waals surface area contributed by atoms with Gasteiger partial charge in [-0.3, -0.25) is 4.79 Å². The van der Waals surface area contributed by atoms with Gasteiger partial charge in [-0.2, -0.15) is 0 Å². The molecule has 2 N–H and O–H groups in total. The van der Waals surface area contributed by atoms with Crippen molar-refractivity contribution in [2.45, 2.75) is 46.1 Å². The minimum Gasteiger partial charge on any atom is -0.354 e. The Morgan fingerprint density at radius 3 is 2.71 bits per heavy atom. The number of aromatic nitrogens is 2. The smallest absolute Gasteiger partial charge is 0.242 e. The molecule has 17 heavy (non-hydrogen) atoms. The molecule has 4 nitrogen and oxygen atoms in total. The molecule has 0 aliphatic rings. The second-order valence-electron chi connectivity index (χ2n) is 4.51. The first-order valence-corrected chi connectivity index (χ1v) is 6.47. The van der Waals surface area contributed by atoms with Gasteiger partial charge in [0.05, 0.1) is 0 Å². The zero-order valence-electron chi connectivity index (χ0n) is 10.9. The summed E-state index contributed by atoms with van der Waals surface area (Å²) >= 11 is 5.23. The van der Waals surface area contributed by atoms with Crippen molar-refractivity contribution in [2.24, 2.45) is 0 Å². The third-order valence-corrected chi connectivity index (χ3v) is 3.06. The fourth-order valence-corrected chi connectivity index (χ4v) is 2.07. The Balaban J connectivity index is 2.95. The maximum atomic E-state index is 11.9. The normalized spacial score (nSPS) is 12.8. The molecule has 1 amide bonds. The Bertz CT molecular complexity index is 433. The lowest BCUT2D eigenvalue weighted by Gasteiger charge is -2.18. The van der Waals surface area contributed by atoms with Gasteiger partial charge in [-0.25, -0.2) is 0 Å². The Kier molecular flexibility index (Phi) is 4.93. The van der Waals surface area contributed by atoms with Gasteiger partial charge < -0.3 is 14.9 Å². The molecule has 0 saturated carbocycles. The van der Waals surface area contributed by atoms with Crippen molar-refractivity contribution in [1.29, 1.82) is 0 Å². The van der Waals surface area contributed by atoms with Gasteiger partial charge in [0.1, 0.15) is 6.04 Å². The van der Waals surface area contributed by atoms with Crippen LogP contribution in [-0.4, -0.2) is 22.0 Å². The predicted octanol–water partition coefficient (Wildman–Crippen LogP) is 2.76. The summed E-state index contributed by atoms with van der Waals surface area (Å²) < 4.78 is 2.50. The summed E-state index contributed by atoms with van der Waals surface area (Å²) in [7, 11) is 0. The number of aromatic amines is 1. The molecule has 1 rings (SSSR count). The monoisotopic (exact) mass is 255 g/mol. The number of nitrogens with zero attached hydrogens (tertiary/aromatic N) is 1. The molecule has 0 fully saturated rings. The molecule has 1 aromatic rings. The molecule has 1 atom stereocenters. The van der Waals surface area contributed by atoms with Gasteiger partial charge in [-0.1, -0.05) is 20.8 Å². The number of H-pyrrole nitrogens is 1. The Labute approximate surface area is 107 Å². The van der Waals surface area contributed by atoms with Crippen LogP contribution in [0, 0.1) is 4.77 Å². The van der Waals surface area contributed by atoms with Crippen LogP contribution in [0.4, 0.5) is 0 Å². The number of hydrogen-bond donors (Lipinski definition) is 2. The van der Waals surface area contributed by atoms with Crippen LogP contribution in [0.15, 0.2) is 6.20 Å². The van der Waals surface area contributed by atoms with Crippen LogP contribution < -0.4 is 5.32 Å². The van der Waals surface area contributed by atoms with Crippen LogP contribution in [0.5, 0.6) is 0 Å². The molecule has 5 heteroatoms. The standard InChI is InChI=1S/C12H21N3OS/c1-5-6-13-11(16)9(4)15-10(8(2)3)7-14-12(15)17/h7-9H,5-6H2,1-4H3,(H,13,16)(H,14,17). The molecule has 1 unspecified atom stereocenters. The summed E-state index contributed by atoms with van der Waals surface area (Å²) in [5.41, 5.74) is 1.06. The maximum absolute atomic E-state index is 11.9. The van der Waals surface area contributed by atoms with Gasteiger partial charge in [-0.05, 0) is 31.5 Å². The molecule has 0 aromatic carbocycles. The number of rotatable bonds is 5. The average molecular weight is 255 g/mol. The fourth-order valence-electron chi connectivity index (χ4n) is 1.75. The minimum atomic E-state index is -0.266. The highest BCUT2D eigenvalue weighted by Gasteiger charge is 2.19. The van der Waals surface area contributed by atoms with E-state index in [4.69, 9.17) is 12.2 Å². The first-order chi connectivity index (χ1) is 7.99. The number of nitrogens with one attached hydrogen (secondary N) is 2. The molecule has 1 aromatic heterocycles. The average Bonchev–Trinajstić information content (AvgIpc) is 2.67. The summed E-state index contributed by atoms with van der Waals surface area (Å²) in [4.78, 5) is 14.9. The summed E-state index contributed by atoms with van der Waals surface area (Å²) in [6.07, 6.45) is 2.82. The third kappa shape index (κ3) is 3.19. The number of hydrogen-bond acceptors (Lipinski definition) is 2. The van der Waals surface area contributed by atoms with Gasteiger partial charge in [0.15, 0.2) is 4.77 Å². The number of carbonyl (C=O) groups is 1. The SMILES string of the molecule is CCCNC(=O)C(C)n1c(C(C)C)c[nH]c1=S. The van der Waals surface area contributed by atoms with E-state index in [0.29, 0.717) is 17.2 Å². The second-order valence-corrected chi connectivity index (χ2v) is 4.90. The lowest BCUT2D eigenvalue weighted by atomic mass is 10.1. The molecular formula is C12H21N3OS. The summed E-state index contributed by atoms with van der Waals surface area (Å²) in [6, 6.07) is -0.266. The van der Waals surface area contributed by atoms with E-state index in [0.717, 1.165) is 12.1 Å². The lowest BCUT2D eigenvalue weighted by Crippen LogP contribution is -2.32. The number of imidazole rings is 1. The van der Waals surface area contributed by atoms with Gasteiger partial charge >= 0.3 is 0 Å². The van der Waals surface area contributed by atoms with Crippen LogP contribution >= 0.6 is 12.2 Å². The van der Waals surface area contributed by atoms with E-state index < -0.39 is 0 Å². The van der Waals surface area contributed by atoms with Crippen molar-refractivity contribution in [3.63, 3.8) is 0 Å². The molecule has 96 valence electrons.